The summed E-state index contributed by atoms with van der Waals surface area (Å²) in [5, 5.41) is 1.11. The molecule has 1 unspecified atom stereocenters. The van der Waals surface area contributed by atoms with Crippen molar-refractivity contribution in [3.05, 3.63) is 0 Å². The first-order valence-corrected chi connectivity index (χ1v) is 6.40. The molecule has 1 rings (SSSR count). The van der Waals surface area contributed by atoms with Crippen molar-refractivity contribution < 1.29 is 4.84 Å². The number of nitrogens with zero attached hydrogens (tertiary/aromatic N) is 4. The molecule has 7 heteroatoms. The molecule has 17 heavy (non-hydrogen) atoms. The highest BCUT2D eigenvalue weighted by Gasteiger charge is 2.41. The van der Waals surface area contributed by atoms with Crippen LogP contribution in [0.3, 0.4) is 0 Å². The van der Waals surface area contributed by atoms with Gasteiger partial charge in [-0.3, -0.25) is 9.74 Å². The van der Waals surface area contributed by atoms with E-state index in [1.165, 1.54) is 0 Å². The highest BCUT2D eigenvalue weighted by Crippen LogP contribution is 2.27. The molecule has 0 N–H and O–H groups in total. The Morgan fingerprint density at radius 2 is 1.94 bits per heavy atom. The van der Waals surface area contributed by atoms with Gasteiger partial charge in [0.25, 0.3) is 0 Å². The minimum atomic E-state index is -0.613. The van der Waals surface area contributed by atoms with Crippen LogP contribution in [0, 0.1) is 0 Å². The molecule has 5 nitrogen and oxygen atoms in total. The lowest BCUT2D eigenvalue weighted by molar-refractivity contribution is -0.256. The Hall–Kier alpha value is 0.380. The number of rotatable bonds is 5. The number of halogens is 2. The van der Waals surface area contributed by atoms with Gasteiger partial charge in [-0.15, -0.1) is 0 Å². The summed E-state index contributed by atoms with van der Waals surface area (Å²) in [5.74, 6) is 0. The summed E-state index contributed by atoms with van der Waals surface area (Å²) in [6.07, 6.45) is 0. The Bertz CT molecular complexity index is 232. The van der Waals surface area contributed by atoms with E-state index < -0.39 is 5.12 Å². The average Bonchev–Trinajstić information content (AvgIpc) is 2.23. The minimum Gasteiger partial charge on any atom is -0.300 e. The third-order valence-corrected chi connectivity index (χ3v) is 3.86. The Morgan fingerprint density at radius 1 is 1.29 bits per heavy atom. The van der Waals surface area contributed by atoms with Crippen LogP contribution in [0.4, 0.5) is 0 Å². The van der Waals surface area contributed by atoms with Crippen molar-refractivity contribution in [3.8, 4) is 0 Å². The number of hydrogen-bond donors (Lipinski definition) is 0. The molecule has 0 bridgehead atoms. The minimum absolute atomic E-state index is 0.613. The van der Waals surface area contributed by atoms with Crippen molar-refractivity contribution in [3.63, 3.8) is 0 Å². The molecule has 1 heterocycles. The standard InChI is InChI=1S/C10H22Cl2N4O/c1-13(5-6-15(3)12)9-10(11)14(2)7-8-17-16(10)4/h5-9H2,1-4H3. The van der Waals surface area contributed by atoms with E-state index in [0.717, 1.165) is 19.6 Å². The molecule has 1 aliphatic rings. The molecule has 0 saturated carbocycles. The van der Waals surface area contributed by atoms with Gasteiger partial charge in [-0.2, -0.15) is 5.06 Å². The van der Waals surface area contributed by atoms with Crippen molar-refractivity contribution in [2.45, 2.75) is 5.12 Å². The van der Waals surface area contributed by atoms with Crippen molar-refractivity contribution in [2.75, 3.05) is 61.0 Å². The highest BCUT2D eigenvalue weighted by molar-refractivity contribution is 6.23. The number of hydrogen-bond acceptors (Lipinski definition) is 5. The molecular weight excluding hydrogens is 263 g/mol. The lowest BCUT2D eigenvalue weighted by Gasteiger charge is -2.47. The number of hydroxylamine groups is 2. The van der Waals surface area contributed by atoms with Crippen LogP contribution in [-0.2, 0) is 4.84 Å². The van der Waals surface area contributed by atoms with Gasteiger partial charge in [-0.05, 0) is 25.9 Å². The van der Waals surface area contributed by atoms with Crippen LogP contribution < -0.4 is 0 Å². The molecule has 1 fully saturated rings. The van der Waals surface area contributed by atoms with Gasteiger partial charge in [0.15, 0.2) is 5.12 Å². The maximum absolute atomic E-state index is 6.62. The monoisotopic (exact) mass is 284 g/mol. The van der Waals surface area contributed by atoms with Crippen LogP contribution in [0.5, 0.6) is 0 Å². The molecule has 0 aromatic carbocycles. The summed E-state index contributed by atoms with van der Waals surface area (Å²) in [4.78, 5) is 9.73. The van der Waals surface area contributed by atoms with Gasteiger partial charge >= 0.3 is 0 Å². The van der Waals surface area contributed by atoms with Gasteiger partial charge in [0.2, 0.25) is 0 Å². The van der Waals surface area contributed by atoms with E-state index in [9.17, 15) is 0 Å². The third-order valence-electron chi connectivity index (χ3n) is 3.04. The van der Waals surface area contributed by atoms with Gasteiger partial charge in [0.05, 0.1) is 6.61 Å². The van der Waals surface area contributed by atoms with E-state index >= 15 is 0 Å². The largest absolute Gasteiger partial charge is 0.300 e. The lowest BCUT2D eigenvalue weighted by Crippen LogP contribution is -2.63. The smallest absolute Gasteiger partial charge is 0.185 e. The Labute approximate surface area is 114 Å². The zero-order chi connectivity index (χ0) is 13.1. The van der Waals surface area contributed by atoms with Crippen LogP contribution in [0.2, 0.25) is 0 Å². The van der Waals surface area contributed by atoms with Gasteiger partial charge < -0.3 is 4.90 Å². The normalized spacial score (nSPS) is 28.2. The maximum atomic E-state index is 6.62. The van der Waals surface area contributed by atoms with Crippen molar-refractivity contribution in [1.29, 1.82) is 0 Å². The molecular formula is C10H22Cl2N4O. The summed E-state index contributed by atoms with van der Waals surface area (Å²) in [6, 6.07) is 0. The summed E-state index contributed by atoms with van der Waals surface area (Å²) in [7, 11) is 7.74. The van der Waals surface area contributed by atoms with E-state index in [0.29, 0.717) is 13.2 Å². The molecule has 0 spiro atoms. The van der Waals surface area contributed by atoms with Crippen LogP contribution >= 0.6 is 23.4 Å². The topological polar surface area (TPSA) is 22.2 Å². The average molecular weight is 285 g/mol. The van der Waals surface area contributed by atoms with Crippen molar-refractivity contribution in [1.82, 2.24) is 19.3 Å². The fraction of sp³-hybridized carbons (Fsp3) is 1.00. The first-order valence-electron chi connectivity index (χ1n) is 5.68. The van der Waals surface area contributed by atoms with Gasteiger partial charge in [-0.1, -0.05) is 11.6 Å². The molecule has 0 aliphatic carbocycles. The van der Waals surface area contributed by atoms with Crippen LogP contribution in [-0.4, -0.2) is 85.4 Å². The molecule has 0 radical (unpaired) electrons. The van der Waals surface area contributed by atoms with Crippen LogP contribution in [0.1, 0.15) is 0 Å². The first-order chi connectivity index (χ1) is 7.86. The summed E-state index contributed by atoms with van der Waals surface area (Å²) >= 11 is 12.4. The first kappa shape index (κ1) is 15.4. The molecule has 0 amide bonds. The second-order valence-electron chi connectivity index (χ2n) is 4.54. The van der Waals surface area contributed by atoms with E-state index in [2.05, 4.69) is 9.80 Å². The molecule has 0 aromatic heterocycles. The van der Waals surface area contributed by atoms with E-state index in [-0.39, 0.29) is 0 Å². The zero-order valence-corrected chi connectivity index (χ0v) is 12.5. The lowest BCUT2D eigenvalue weighted by atomic mass is 10.3. The molecule has 1 atom stereocenters. The summed E-state index contributed by atoms with van der Waals surface area (Å²) in [6.45, 7) is 3.84. The Kier molecular flexibility index (Phi) is 5.92. The highest BCUT2D eigenvalue weighted by atomic mass is 35.5. The zero-order valence-electron chi connectivity index (χ0n) is 11.0. The SMILES string of the molecule is CN(Cl)CCN(C)CC1(Cl)N(C)CCON1C. The van der Waals surface area contributed by atoms with Crippen LogP contribution in [0.25, 0.3) is 0 Å². The second kappa shape index (κ2) is 6.52. The maximum Gasteiger partial charge on any atom is 0.185 e. The molecule has 1 saturated heterocycles. The second-order valence-corrected chi connectivity index (χ2v) is 5.72. The van der Waals surface area contributed by atoms with E-state index in [1.54, 1.807) is 9.48 Å². The Balaban J connectivity index is 2.51. The molecule has 1 aliphatic heterocycles. The Morgan fingerprint density at radius 3 is 2.47 bits per heavy atom. The van der Waals surface area contributed by atoms with Gasteiger partial charge in [-0.25, -0.2) is 4.42 Å². The number of alkyl halides is 1. The summed E-state index contributed by atoms with van der Waals surface area (Å²) in [5.41, 5.74) is 0. The third kappa shape index (κ3) is 4.21. The fourth-order valence-corrected chi connectivity index (χ4v) is 2.19. The summed E-state index contributed by atoms with van der Waals surface area (Å²) < 4.78 is 1.64. The number of likely N-dealkylation sites (N-methyl/N-ethyl adjacent to an activating group) is 4. The van der Waals surface area contributed by atoms with Crippen molar-refractivity contribution in [2.24, 2.45) is 0 Å². The predicted molar refractivity (Wildman–Crippen MR) is 70.9 cm³/mol. The molecule has 0 aromatic rings. The van der Waals surface area contributed by atoms with Gasteiger partial charge in [0, 0.05) is 40.3 Å². The van der Waals surface area contributed by atoms with Gasteiger partial charge in [0.1, 0.15) is 0 Å². The van der Waals surface area contributed by atoms with E-state index in [1.807, 2.05) is 28.2 Å². The fourth-order valence-electron chi connectivity index (χ4n) is 1.78. The molecule has 102 valence electrons. The van der Waals surface area contributed by atoms with E-state index in [4.69, 9.17) is 28.2 Å². The predicted octanol–water partition coefficient (Wildman–Crippen LogP) is 0.705. The van der Waals surface area contributed by atoms with Crippen LogP contribution in [0.15, 0.2) is 0 Å². The quantitative estimate of drug-likeness (QED) is 0.420. The van der Waals surface area contributed by atoms with Crippen molar-refractivity contribution >= 4 is 23.4 Å².